The maximum atomic E-state index is 12.1. The average molecular weight is 335 g/mol. The lowest BCUT2D eigenvalue weighted by Crippen LogP contribution is -2.24. The molecule has 2 aromatic rings. The van der Waals surface area contributed by atoms with E-state index in [1.165, 1.54) is 5.56 Å². The normalized spacial score (nSPS) is 16.7. The number of nitrogens with zero attached hydrogens (tertiary/aromatic N) is 3. The van der Waals surface area contributed by atoms with Gasteiger partial charge in [-0.25, -0.2) is 5.01 Å². The summed E-state index contributed by atoms with van der Waals surface area (Å²) in [5, 5.41) is 6.24. The fourth-order valence-corrected chi connectivity index (χ4v) is 3.16. The highest BCUT2D eigenvalue weighted by Gasteiger charge is 2.31. The van der Waals surface area contributed by atoms with Crippen LogP contribution in [0.1, 0.15) is 43.0 Å². The Morgan fingerprint density at radius 1 is 1.12 bits per heavy atom. The van der Waals surface area contributed by atoms with Gasteiger partial charge in [-0.1, -0.05) is 43.3 Å². The Balaban J connectivity index is 1.87. The number of carbonyl (C=O) groups is 1. The van der Waals surface area contributed by atoms with Crippen LogP contribution in [0.5, 0.6) is 0 Å². The highest BCUT2D eigenvalue weighted by atomic mass is 16.2. The summed E-state index contributed by atoms with van der Waals surface area (Å²) in [5.74, 6) is -0.0236. The van der Waals surface area contributed by atoms with Gasteiger partial charge in [-0.15, -0.1) is 0 Å². The molecular formula is C21H25N3O. The summed E-state index contributed by atoms with van der Waals surface area (Å²) in [5.41, 5.74) is 5.62. The van der Waals surface area contributed by atoms with Crippen molar-refractivity contribution in [3.8, 4) is 0 Å². The van der Waals surface area contributed by atoms with Crippen molar-refractivity contribution in [3.05, 3.63) is 65.2 Å². The second kappa shape index (κ2) is 7.09. The van der Waals surface area contributed by atoms with Crippen molar-refractivity contribution in [3.63, 3.8) is 0 Å². The van der Waals surface area contributed by atoms with Gasteiger partial charge in [0.25, 0.3) is 0 Å². The molecule has 0 N–H and O–H groups in total. The molecule has 1 aliphatic rings. The van der Waals surface area contributed by atoms with Crippen molar-refractivity contribution < 1.29 is 4.79 Å². The Morgan fingerprint density at radius 2 is 1.76 bits per heavy atom. The number of amides is 1. The molecule has 25 heavy (non-hydrogen) atoms. The molecule has 0 saturated carbocycles. The third-order valence-electron chi connectivity index (χ3n) is 4.72. The standard InChI is InChI=1S/C21H25N3O/c1-5-16-6-8-18(9-7-16)21-14-20(22-24(21)15(2)25)17-10-12-19(13-11-17)23(3)4/h6-13,21H,5,14H2,1-4H3/t21-/m0/s1. The van der Waals surface area contributed by atoms with Crippen LogP contribution in [0.3, 0.4) is 0 Å². The molecule has 4 nitrogen and oxygen atoms in total. The van der Waals surface area contributed by atoms with E-state index < -0.39 is 0 Å². The summed E-state index contributed by atoms with van der Waals surface area (Å²) in [7, 11) is 4.05. The van der Waals surface area contributed by atoms with Crippen LogP contribution in [-0.4, -0.2) is 30.7 Å². The topological polar surface area (TPSA) is 35.9 Å². The predicted octanol–water partition coefficient (Wildman–Crippen LogP) is 4.01. The summed E-state index contributed by atoms with van der Waals surface area (Å²) >= 11 is 0. The zero-order valence-electron chi connectivity index (χ0n) is 15.4. The molecular weight excluding hydrogens is 310 g/mol. The zero-order chi connectivity index (χ0) is 18.0. The molecule has 0 fully saturated rings. The van der Waals surface area contributed by atoms with Crippen LogP contribution in [0.15, 0.2) is 53.6 Å². The Hall–Kier alpha value is -2.62. The van der Waals surface area contributed by atoms with Crippen molar-refractivity contribution in [2.75, 3.05) is 19.0 Å². The lowest BCUT2D eigenvalue weighted by Gasteiger charge is -2.20. The molecule has 2 aromatic carbocycles. The summed E-state index contributed by atoms with van der Waals surface area (Å²) < 4.78 is 0. The summed E-state index contributed by atoms with van der Waals surface area (Å²) in [6.45, 7) is 3.72. The first-order chi connectivity index (χ1) is 12.0. The van der Waals surface area contributed by atoms with Crippen molar-refractivity contribution in [2.45, 2.75) is 32.7 Å². The fourth-order valence-electron chi connectivity index (χ4n) is 3.16. The molecule has 0 spiro atoms. The van der Waals surface area contributed by atoms with Crippen LogP contribution in [-0.2, 0) is 11.2 Å². The quantitative estimate of drug-likeness (QED) is 0.846. The minimum absolute atomic E-state index is 0.0214. The van der Waals surface area contributed by atoms with Crippen LogP contribution >= 0.6 is 0 Å². The minimum Gasteiger partial charge on any atom is -0.378 e. The molecule has 1 atom stereocenters. The maximum Gasteiger partial charge on any atom is 0.240 e. The summed E-state index contributed by atoms with van der Waals surface area (Å²) in [6, 6.07) is 16.8. The van der Waals surface area contributed by atoms with Gasteiger partial charge in [0.2, 0.25) is 5.91 Å². The predicted molar refractivity (Wildman–Crippen MR) is 103 cm³/mol. The van der Waals surface area contributed by atoms with Crippen LogP contribution < -0.4 is 4.90 Å². The van der Waals surface area contributed by atoms with Gasteiger partial charge >= 0.3 is 0 Å². The monoisotopic (exact) mass is 335 g/mol. The van der Waals surface area contributed by atoms with E-state index in [9.17, 15) is 4.79 Å². The van der Waals surface area contributed by atoms with E-state index in [0.717, 1.165) is 35.4 Å². The van der Waals surface area contributed by atoms with Crippen LogP contribution in [0.2, 0.25) is 0 Å². The van der Waals surface area contributed by atoms with E-state index in [4.69, 9.17) is 0 Å². The third-order valence-corrected chi connectivity index (χ3v) is 4.72. The molecule has 0 aromatic heterocycles. The first-order valence-corrected chi connectivity index (χ1v) is 8.73. The van der Waals surface area contributed by atoms with Gasteiger partial charge in [0.1, 0.15) is 0 Å². The number of benzene rings is 2. The number of rotatable bonds is 4. The Bertz CT molecular complexity index is 776. The van der Waals surface area contributed by atoms with Gasteiger partial charge in [0.15, 0.2) is 0 Å². The molecule has 4 heteroatoms. The first kappa shape index (κ1) is 17.2. The van der Waals surface area contributed by atoms with Gasteiger partial charge in [-0.2, -0.15) is 5.10 Å². The van der Waals surface area contributed by atoms with Gasteiger partial charge in [-0.05, 0) is 35.2 Å². The Morgan fingerprint density at radius 3 is 2.28 bits per heavy atom. The van der Waals surface area contributed by atoms with E-state index in [2.05, 4.69) is 65.5 Å². The zero-order valence-corrected chi connectivity index (χ0v) is 15.4. The molecule has 0 unspecified atom stereocenters. The van der Waals surface area contributed by atoms with E-state index in [1.807, 2.05) is 14.1 Å². The van der Waals surface area contributed by atoms with Crippen LogP contribution in [0.4, 0.5) is 5.69 Å². The van der Waals surface area contributed by atoms with E-state index in [1.54, 1.807) is 11.9 Å². The van der Waals surface area contributed by atoms with Crippen molar-refractivity contribution in [2.24, 2.45) is 5.10 Å². The lowest BCUT2D eigenvalue weighted by molar-refractivity contribution is -0.130. The maximum absolute atomic E-state index is 12.1. The van der Waals surface area contributed by atoms with E-state index >= 15 is 0 Å². The van der Waals surface area contributed by atoms with Crippen LogP contribution in [0.25, 0.3) is 0 Å². The number of hydrazone groups is 1. The lowest BCUT2D eigenvalue weighted by atomic mass is 9.97. The number of carbonyl (C=O) groups excluding carboxylic acids is 1. The van der Waals surface area contributed by atoms with E-state index in [-0.39, 0.29) is 11.9 Å². The molecule has 0 saturated heterocycles. The van der Waals surface area contributed by atoms with Gasteiger partial charge < -0.3 is 4.90 Å². The molecule has 0 radical (unpaired) electrons. The van der Waals surface area contributed by atoms with Gasteiger partial charge in [-0.3, -0.25) is 4.79 Å². The summed E-state index contributed by atoms with van der Waals surface area (Å²) in [6.07, 6.45) is 1.76. The largest absolute Gasteiger partial charge is 0.378 e. The Labute approximate surface area is 149 Å². The highest BCUT2D eigenvalue weighted by molar-refractivity contribution is 6.03. The number of anilines is 1. The third kappa shape index (κ3) is 3.58. The number of aryl methyl sites for hydroxylation is 1. The molecule has 3 rings (SSSR count). The van der Waals surface area contributed by atoms with Crippen LogP contribution in [0, 0.1) is 0 Å². The van der Waals surface area contributed by atoms with Crippen molar-refractivity contribution in [1.29, 1.82) is 0 Å². The highest BCUT2D eigenvalue weighted by Crippen LogP contribution is 2.33. The minimum atomic E-state index is -0.0236. The van der Waals surface area contributed by atoms with E-state index in [0.29, 0.717) is 0 Å². The second-order valence-corrected chi connectivity index (χ2v) is 6.67. The molecule has 1 heterocycles. The molecule has 1 amide bonds. The molecule has 0 aliphatic carbocycles. The number of hydrogen-bond acceptors (Lipinski definition) is 3. The smallest absolute Gasteiger partial charge is 0.240 e. The molecule has 0 bridgehead atoms. The molecule has 130 valence electrons. The second-order valence-electron chi connectivity index (χ2n) is 6.67. The summed E-state index contributed by atoms with van der Waals surface area (Å²) in [4.78, 5) is 14.2. The Kier molecular flexibility index (Phi) is 4.88. The SMILES string of the molecule is CCc1ccc([C@@H]2CC(c3ccc(N(C)C)cc3)=NN2C(C)=O)cc1. The van der Waals surface area contributed by atoms with Gasteiger partial charge in [0.05, 0.1) is 11.8 Å². The average Bonchev–Trinajstić information content (AvgIpc) is 3.07. The van der Waals surface area contributed by atoms with Crippen molar-refractivity contribution >= 4 is 17.3 Å². The molecule has 1 aliphatic heterocycles. The van der Waals surface area contributed by atoms with Gasteiger partial charge in [0, 0.05) is 33.1 Å². The van der Waals surface area contributed by atoms with Crippen molar-refractivity contribution in [1.82, 2.24) is 5.01 Å². The first-order valence-electron chi connectivity index (χ1n) is 8.73. The fraction of sp³-hybridized carbons (Fsp3) is 0.333. The number of hydrogen-bond donors (Lipinski definition) is 0.